The minimum absolute atomic E-state index is 0.0143. The molecule has 4 rings (SSSR count). The Morgan fingerprint density at radius 1 is 0.879 bits per heavy atom. The third kappa shape index (κ3) is 4.73. The van der Waals surface area contributed by atoms with Crippen LogP contribution in [0.3, 0.4) is 0 Å². The van der Waals surface area contributed by atoms with Gasteiger partial charge >= 0.3 is 0 Å². The van der Waals surface area contributed by atoms with Gasteiger partial charge in [-0.1, -0.05) is 53.5 Å². The molecule has 0 bridgehead atoms. The van der Waals surface area contributed by atoms with Crippen LogP contribution in [0.25, 0.3) is 16.9 Å². The Morgan fingerprint density at radius 3 is 2.12 bits per heavy atom. The van der Waals surface area contributed by atoms with Crippen LogP contribution >= 0.6 is 23.2 Å². The summed E-state index contributed by atoms with van der Waals surface area (Å²) in [6.45, 7) is 0. The number of aromatic nitrogens is 2. The molecule has 4 aromatic rings. The summed E-state index contributed by atoms with van der Waals surface area (Å²) >= 11 is 12.5. The molecule has 0 amide bonds. The molecule has 1 aromatic heterocycles. The quantitative estimate of drug-likeness (QED) is 0.400. The van der Waals surface area contributed by atoms with E-state index >= 15 is 0 Å². The Bertz CT molecular complexity index is 1460. The van der Waals surface area contributed by atoms with Crippen LogP contribution in [0.1, 0.15) is 0 Å². The van der Waals surface area contributed by atoms with Gasteiger partial charge in [0.25, 0.3) is 15.6 Å². The molecular weight excluding hydrogens is 485 g/mol. The molecule has 0 aliphatic carbocycles. The van der Waals surface area contributed by atoms with E-state index in [-0.39, 0.29) is 20.6 Å². The summed E-state index contributed by atoms with van der Waals surface area (Å²) in [5.74, 6) is 0.554. The van der Waals surface area contributed by atoms with Gasteiger partial charge in [0.1, 0.15) is 16.5 Å². The van der Waals surface area contributed by atoms with Crippen molar-refractivity contribution >= 4 is 38.9 Å². The lowest BCUT2D eigenvalue weighted by Crippen LogP contribution is -2.22. The van der Waals surface area contributed by atoms with Crippen molar-refractivity contribution in [2.24, 2.45) is 0 Å². The lowest BCUT2D eigenvalue weighted by Gasteiger charge is -2.12. The first kappa shape index (κ1) is 22.8. The van der Waals surface area contributed by atoms with Gasteiger partial charge < -0.3 is 4.74 Å². The number of halogens is 2. The number of ether oxygens (including phenoxy) is 1. The Hall–Kier alpha value is -3.33. The molecule has 33 heavy (non-hydrogen) atoms. The summed E-state index contributed by atoms with van der Waals surface area (Å²) in [5, 5.41) is 4.24. The Morgan fingerprint density at radius 2 is 1.52 bits per heavy atom. The number of hydrogen-bond acceptors (Lipinski definition) is 5. The van der Waals surface area contributed by atoms with Gasteiger partial charge in [0.15, 0.2) is 0 Å². The highest BCUT2D eigenvalue weighted by molar-refractivity contribution is 7.92. The monoisotopic (exact) mass is 501 g/mol. The maximum atomic E-state index is 12.7. The second kappa shape index (κ2) is 9.27. The standard InChI is InChI=1S/C23H17Cl2N3O4S/c1-32-18-11-13-19(14-12-18)33(30,31)27-16-9-7-15(8-10-16)22-20(24)21(25)23(29)28(26-22)17-5-3-2-4-6-17/h2-14,27H,1H3. The van der Waals surface area contributed by atoms with E-state index in [9.17, 15) is 13.2 Å². The first-order valence-corrected chi connectivity index (χ1v) is 11.8. The summed E-state index contributed by atoms with van der Waals surface area (Å²) in [7, 11) is -2.29. The molecule has 3 aromatic carbocycles. The van der Waals surface area contributed by atoms with Gasteiger partial charge in [0.05, 0.1) is 22.7 Å². The number of para-hydroxylation sites is 1. The van der Waals surface area contributed by atoms with E-state index in [4.69, 9.17) is 27.9 Å². The van der Waals surface area contributed by atoms with Gasteiger partial charge in [0, 0.05) is 11.3 Å². The smallest absolute Gasteiger partial charge is 0.291 e. The van der Waals surface area contributed by atoms with E-state index in [1.807, 2.05) is 6.07 Å². The lowest BCUT2D eigenvalue weighted by molar-refractivity contribution is 0.414. The molecule has 0 spiro atoms. The first-order chi connectivity index (χ1) is 15.8. The Kier molecular flexibility index (Phi) is 6.42. The summed E-state index contributed by atoms with van der Waals surface area (Å²) in [4.78, 5) is 12.7. The second-order valence-corrected chi connectivity index (χ2v) is 9.33. The van der Waals surface area contributed by atoms with E-state index in [2.05, 4.69) is 9.82 Å². The number of sulfonamides is 1. The summed E-state index contributed by atoms with van der Waals surface area (Å²) in [6.07, 6.45) is 0. The summed E-state index contributed by atoms with van der Waals surface area (Å²) in [6, 6.07) is 21.3. The fraction of sp³-hybridized carbons (Fsp3) is 0.0435. The lowest BCUT2D eigenvalue weighted by atomic mass is 10.1. The molecule has 7 nitrogen and oxygen atoms in total. The van der Waals surface area contributed by atoms with Crippen molar-refractivity contribution in [3.63, 3.8) is 0 Å². The molecule has 10 heteroatoms. The molecule has 0 saturated carbocycles. The molecule has 0 aliphatic heterocycles. The van der Waals surface area contributed by atoms with E-state index in [0.29, 0.717) is 22.7 Å². The van der Waals surface area contributed by atoms with Crippen molar-refractivity contribution in [3.8, 4) is 22.7 Å². The zero-order valence-corrected chi connectivity index (χ0v) is 19.5. The van der Waals surface area contributed by atoms with Crippen LogP contribution in [-0.2, 0) is 10.0 Å². The van der Waals surface area contributed by atoms with Crippen LogP contribution in [0.15, 0.2) is 88.6 Å². The number of hydrogen-bond donors (Lipinski definition) is 1. The average Bonchev–Trinajstić information content (AvgIpc) is 2.84. The van der Waals surface area contributed by atoms with E-state index in [1.165, 1.54) is 23.9 Å². The molecule has 0 fully saturated rings. The summed E-state index contributed by atoms with van der Waals surface area (Å²) < 4.78 is 34.1. The summed E-state index contributed by atoms with van der Waals surface area (Å²) in [5.41, 5.74) is 1.17. The predicted octanol–water partition coefficient (Wildman–Crippen LogP) is 5.02. The zero-order valence-electron chi connectivity index (χ0n) is 17.2. The number of anilines is 1. The normalized spacial score (nSPS) is 11.2. The predicted molar refractivity (Wildman–Crippen MR) is 129 cm³/mol. The van der Waals surface area contributed by atoms with Crippen molar-refractivity contribution in [3.05, 3.63) is 99.3 Å². The van der Waals surface area contributed by atoms with Crippen molar-refractivity contribution in [2.45, 2.75) is 4.90 Å². The molecule has 1 N–H and O–H groups in total. The largest absolute Gasteiger partial charge is 0.497 e. The van der Waals surface area contributed by atoms with Crippen LogP contribution < -0.4 is 15.0 Å². The molecule has 0 aliphatic rings. The molecule has 0 radical (unpaired) electrons. The van der Waals surface area contributed by atoms with Crippen molar-refractivity contribution < 1.29 is 13.2 Å². The van der Waals surface area contributed by atoms with Gasteiger partial charge in [-0.2, -0.15) is 9.78 Å². The molecule has 0 saturated heterocycles. The fourth-order valence-corrected chi connectivity index (χ4v) is 4.53. The van der Waals surface area contributed by atoms with Crippen LogP contribution in [0, 0.1) is 0 Å². The molecule has 0 unspecified atom stereocenters. The van der Waals surface area contributed by atoms with E-state index in [0.717, 1.165) is 0 Å². The van der Waals surface area contributed by atoms with Crippen LogP contribution in [0.2, 0.25) is 10.0 Å². The first-order valence-electron chi connectivity index (χ1n) is 9.61. The fourth-order valence-electron chi connectivity index (χ4n) is 3.07. The van der Waals surface area contributed by atoms with Crippen molar-refractivity contribution in [1.29, 1.82) is 0 Å². The van der Waals surface area contributed by atoms with Crippen LogP contribution in [0.4, 0.5) is 5.69 Å². The number of rotatable bonds is 6. The van der Waals surface area contributed by atoms with Crippen molar-refractivity contribution in [1.82, 2.24) is 9.78 Å². The number of benzene rings is 3. The maximum absolute atomic E-state index is 12.7. The highest BCUT2D eigenvalue weighted by Crippen LogP contribution is 2.31. The highest BCUT2D eigenvalue weighted by Gasteiger charge is 2.18. The topological polar surface area (TPSA) is 90.3 Å². The minimum atomic E-state index is -3.79. The van der Waals surface area contributed by atoms with Gasteiger partial charge in [-0.25, -0.2) is 8.42 Å². The van der Waals surface area contributed by atoms with Gasteiger partial charge in [-0.15, -0.1) is 0 Å². The van der Waals surface area contributed by atoms with Gasteiger partial charge in [-0.05, 0) is 48.5 Å². The van der Waals surface area contributed by atoms with Crippen molar-refractivity contribution in [2.75, 3.05) is 11.8 Å². The highest BCUT2D eigenvalue weighted by atomic mass is 35.5. The maximum Gasteiger partial charge on any atom is 0.291 e. The SMILES string of the molecule is COc1ccc(S(=O)(=O)Nc2ccc(-c3nn(-c4ccccc4)c(=O)c(Cl)c3Cl)cc2)cc1. The van der Waals surface area contributed by atoms with Gasteiger partial charge in [0.2, 0.25) is 0 Å². The molecular formula is C23H17Cl2N3O4S. The third-order valence-electron chi connectivity index (χ3n) is 4.76. The molecule has 1 heterocycles. The second-order valence-electron chi connectivity index (χ2n) is 6.89. The third-order valence-corrected chi connectivity index (χ3v) is 6.97. The van der Waals surface area contributed by atoms with Gasteiger partial charge in [-0.3, -0.25) is 9.52 Å². The van der Waals surface area contributed by atoms with E-state index < -0.39 is 15.6 Å². The van der Waals surface area contributed by atoms with Crippen LogP contribution in [0.5, 0.6) is 5.75 Å². The van der Waals surface area contributed by atoms with E-state index in [1.54, 1.807) is 60.7 Å². The average molecular weight is 502 g/mol. The van der Waals surface area contributed by atoms with Crippen LogP contribution in [-0.4, -0.2) is 25.3 Å². The molecule has 0 atom stereocenters. The zero-order chi connectivity index (χ0) is 23.6. The minimum Gasteiger partial charge on any atom is -0.497 e. The molecule has 168 valence electrons. The number of nitrogens with one attached hydrogen (secondary N) is 1. The number of methoxy groups -OCH3 is 1. The Balaban J connectivity index is 1.66. The Labute approximate surface area is 200 Å². The number of nitrogens with zero attached hydrogens (tertiary/aromatic N) is 2.